The van der Waals surface area contributed by atoms with Crippen LogP contribution in [-0.4, -0.2) is 16.8 Å². The Morgan fingerprint density at radius 3 is 2.05 bits per heavy atom. The van der Waals surface area contributed by atoms with E-state index in [0.29, 0.717) is 5.56 Å². The molecule has 3 rings (SSSR count). The van der Waals surface area contributed by atoms with Gasteiger partial charge in [-0.2, -0.15) is 0 Å². The summed E-state index contributed by atoms with van der Waals surface area (Å²) in [4.78, 5) is 36.1. The third-order valence-electron chi connectivity index (χ3n) is 3.24. The first-order chi connectivity index (χ1) is 9.52. The summed E-state index contributed by atoms with van der Waals surface area (Å²) in [5, 5.41) is -0.840. The van der Waals surface area contributed by atoms with E-state index in [1.165, 1.54) is 12.1 Å². The van der Waals surface area contributed by atoms with Gasteiger partial charge in [-0.05, 0) is 23.7 Å². The van der Waals surface area contributed by atoms with E-state index in [0.717, 1.165) is 0 Å². The molecule has 0 fully saturated rings. The molecule has 0 spiro atoms. The average molecular weight is 305 g/mol. The SMILES string of the molecule is O=C(Cl)c1ccc2c(c1Cl)C(=O)c1ccccc1C2=O. The van der Waals surface area contributed by atoms with Crippen LogP contribution >= 0.6 is 23.2 Å². The topological polar surface area (TPSA) is 51.2 Å². The number of hydrogen-bond acceptors (Lipinski definition) is 3. The number of halogens is 2. The summed E-state index contributed by atoms with van der Waals surface area (Å²) >= 11 is 11.5. The Labute approximate surface area is 124 Å². The first kappa shape index (κ1) is 13.0. The monoisotopic (exact) mass is 304 g/mol. The molecule has 0 saturated carbocycles. The summed E-state index contributed by atoms with van der Waals surface area (Å²) in [6, 6.07) is 9.27. The van der Waals surface area contributed by atoms with Crippen molar-refractivity contribution in [2.45, 2.75) is 0 Å². The van der Waals surface area contributed by atoms with E-state index in [4.69, 9.17) is 23.2 Å². The Morgan fingerprint density at radius 1 is 0.850 bits per heavy atom. The number of ketones is 2. The van der Waals surface area contributed by atoms with Gasteiger partial charge in [0.15, 0.2) is 11.6 Å². The van der Waals surface area contributed by atoms with Gasteiger partial charge in [-0.25, -0.2) is 0 Å². The lowest BCUT2D eigenvalue weighted by atomic mass is 9.83. The van der Waals surface area contributed by atoms with Crippen LogP contribution in [0.3, 0.4) is 0 Å². The molecule has 0 saturated heterocycles. The molecule has 0 unspecified atom stereocenters. The third kappa shape index (κ3) is 1.71. The second kappa shape index (κ2) is 4.54. The Balaban J connectivity index is 2.34. The summed E-state index contributed by atoms with van der Waals surface area (Å²) in [5.74, 6) is -0.661. The molecule has 2 aromatic rings. The quantitative estimate of drug-likeness (QED) is 0.647. The van der Waals surface area contributed by atoms with Gasteiger partial charge in [-0.1, -0.05) is 35.9 Å². The van der Waals surface area contributed by atoms with E-state index in [-0.39, 0.29) is 38.8 Å². The first-order valence-corrected chi connectivity index (χ1v) is 6.48. The van der Waals surface area contributed by atoms with Crippen LogP contribution in [0.4, 0.5) is 0 Å². The molecule has 0 aromatic heterocycles. The number of benzene rings is 2. The van der Waals surface area contributed by atoms with Crippen molar-refractivity contribution >= 4 is 40.0 Å². The lowest BCUT2D eigenvalue weighted by molar-refractivity contribution is 0.0978. The summed E-state index contributed by atoms with van der Waals surface area (Å²) < 4.78 is 0. The van der Waals surface area contributed by atoms with Gasteiger partial charge in [0.1, 0.15) is 0 Å². The number of carbonyl (C=O) groups is 3. The molecule has 98 valence electrons. The number of fused-ring (bicyclic) bond motifs is 2. The van der Waals surface area contributed by atoms with Crippen LogP contribution in [0.25, 0.3) is 0 Å². The molecule has 0 heterocycles. The summed E-state index contributed by atoms with van der Waals surface area (Å²) in [6.07, 6.45) is 0. The molecule has 2 aromatic carbocycles. The fourth-order valence-electron chi connectivity index (χ4n) is 2.30. The molecule has 5 heteroatoms. The van der Waals surface area contributed by atoms with Gasteiger partial charge in [-0.3, -0.25) is 14.4 Å². The number of carbonyl (C=O) groups excluding carboxylic acids is 3. The molecule has 1 aliphatic rings. The number of hydrogen-bond donors (Lipinski definition) is 0. The third-order valence-corrected chi connectivity index (χ3v) is 3.84. The van der Waals surface area contributed by atoms with Gasteiger partial charge in [0.2, 0.25) is 0 Å². The fraction of sp³-hybridized carbons (Fsp3) is 0. The van der Waals surface area contributed by atoms with E-state index in [2.05, 4.69) is 0 Å². The minimum absolute atomic E-state index is 0.0209. The largest absolute Gasteiger partial charge is 0.289 e. The Bertz CT molecular complexity index is 794. The van der Waals surface area contributed by atoms with E-state index >= 15 is 0 Å². The highest BCUT2D eigenvalue weighted by Gasteiger charge is 2.32. The van der Waals surface area contributed by atoms with Crippen LogP contribution in [0.2, 0.25) is 5.02 Å². The standard InChI is InChI=1S/C15H6Cl2O3/c16-12-10(15(17)20)6-5-9-11(12)14(19)8-4-2-1-3-7(8)13(9)18/h1-6H. The van der Waals surface area contributed by atoms with E-state index < -0.39 is 5.24 Å². The molecule has 1 aliphatic carbocycles. The van der Waals surface area contributed by atoms with Gasteiger partial charge >= 0.3 is 0 Å². The highest BCUT2D eigenvalue weighted by Crippen LogP contribution is 2.34. The van der Waals surface area contributed by atoms with Crippen LogP contribution in [0.1, 0.15) is 42.2 Å². The minimum atomic E-state index is -0.767. The molecular formula is C15H6Cl2O3. The zero-order chi connectivity index (χ0) is 14.4. The molecule has 0 radical (unpaired) electrons. The van der Waals surface area contributed by atoms with Crippen molar-refractivity contribution in [3.8, 4) is 0 Å². The minimum Gasteiger partial charge on any atom is -0.289 e. The van der Waals surface area contributed by atoms with Crippen LogP contribution in [0.5, 0.6) is 0 Å². The van der Waals surface area contributed by atoms with Gasteiger partial charge in [-0.15, -0.1) is 0 Å². The normalized spacial score (nSPS) is 12.9. The smallest absolute Gasteiger partial charge is 0.253 e. The van der Waals surface area contributed by atoms with Crippen LogP contribution in [0, 0.1) is 0 Å². The van der Waals surface area contributed by atoms with Gasteiger partial charge in [0.25, 0.3) is 5.24 Å². The Morgan fingerprint density at radius 2 is 1.45 bits per heavy atom. The maximum Gasteiger partial charge on any atom is 0.253 e. The lowest BCUT2D eigenvalue weighted by Gasteiger charge is -2.19. The zero-order valence-electron chi connectivity index (χ0n) is 9.94. The van der Waals surface area contributed by atoms with Gasteiger partial charge < -0.3 is 0 Å². The van der Waals surface area contributed by atoms with Gasteiger partial charge in [0.05, 0.1) is 16.1 Å². The average Bonchev–Trinajstić information content (AvgIpc) is 2.44. The summed E-state index contributed by atoms with van der Waals surface area (Å²) in [6.45, 7) is 0. The maximum atomic E-state index is 12.5. The Hall–Kier alpha value is -1.97. The Kier molecular flexibility index (Phi) is 2.96. The van der Waals surface area contributed by atoms with Crippen LogP contribution in [0.15, 0.2) is 36.4 Å². The number of rotatable bonds is 1. The summed E-state index contributed by atoms with van der Waals surface area (Å²) in [5.41, 5.74) is 0.881. The van der Waals surface area contributed by atoms with E-state index in [1.807, 2.05) is 0 Å². The van der Waals surface area contributed by atoms with Gasteiger partial charge in [0, 0.05) is 16.7 Å². The molecule has 0 amide bonds. The maximum absolute atomic E-state index is 12.5. The second-order valence-corrected chi connectivity index (χ2v) is 5.05. The summed E-state index contributed by atoms with van der Waals surface area (Å²) in [7, 11) is 0. The van der Waals surface area contributed by atoms with Crippen molar-refractivity contribution in [2.75, 3.05) is 0 Å². The van der Waals surface area contributed by atoms with Crippen molar-refractivity contribution in [3.63, 3.8) is 0 Å². The van der Waals surface area contributed by atoms with Crippen molar-refractivity contribution in [1.29, 1.82) is 0 Å². The zero-order valence-corrected chi connectivity index (χ0v) is 11.5. The molecule has 0 aliphatic heterocycles. The molecule has 0 bridgehead atoms. The molecular weight excluding hydrogens is 299 g/mol. The highest BCUT2D eigenvalue weighted by molar-refractivity contribution is 6.69. The van der Waals surface area contributed by atoms with Crippen molar-refractivity contribution in [2.24, 2.45) is 0 Å². The van der Waals surface area contributed by atoms with Crippen molar-refractivity contribution < 1.29 is 14.4 Å². The second-order valence-electron chi connectivity index (χ2n) is 4.33. The van der Waals surface area contributed by atoms with E-state index in [1.54, 1.807) is 24.3 Å². The van der Waals surface area contributed by atoms with Crippen LogP contribution < -0.4 is 0 Å². The molecule has 0 N–H and O–H groups in total. The predicted molar refractivity (Wildman–Crippen MR) is 74.9 cm³/mol. The molecule has 3 nitrogen and oxygen atoms in total. The molecule has 20 heavy (non-hydrogen) atoms. The van der Waals surface area contributed by atoms with Crippen molar-refractivity contribution in [3.05, 3.63) is 69.2 Å². The molecule has 0 atom stereocenters. The van der Waals surface area contributed by atoms with Crippen LogP contribution in [-0.2, 0) is 0 Å². The predicted octanol–water partition coefficient (Wildman–Crippen LogP) is 3.49. The highest BCUT2D eigenvalue weighted by atomic mass is 35.5. The van der Waals surface area contributed by atoms with E-state index in [9.17, 15) is 14.4 Å². The lowest BCUT2D eigenvalue weighted by Crippen LogP contribution is -2.22. The fourth-order valence-corrected chi connectivity index (χ4v) is 2.84. The van der Waals surface area contributed by atoms with Crippen molar-refractivity contribution in [1.82, 2.24) is 0 Å². The first-order valence-electron chi connectivity index (χ1n) is 5.73.